The van der Waals surface area contributed by atoms with Gasteiger partial charge in [0.15, 0.2) is 4.34 Å². The lowest BCUT2D eigenvalue weighted by Gasteiger charge is -2.30. The highest BCUT2D eigenvalue weighted by Gasteiger charge is 2.51. The summed E-state index contributed by atoms with van der Waals surface area (Å²) in [7, 11) is 1.83. The first-order valence-electron chi connectivity index (χ1n) is 6.41. The van der Waals surface area contributed by atoms with Crippen LogP contribution in [0, 0.1) is 12.8 Å². The highest BCUT2D eigenvalue weighted by atomic mass is 32.2. The zero-order valence-corrected chi connectivity index (χ0v) is 13.1. The first kappa shape index (κ1) is 14.7. The summed E-state index contributed by atoms with van der Waals surface area (Å²) in [6.45, 7) is 4.13. The van der Waals surface area contributed by atoms with Gasteiger partial charge in [0.25, 0.3) is 0 Å². The van der Waals surface area contributed by atoms with Gasteiger partial charge < -0.3 is 10.1 Å². The minimum atomic E-state index is -0.583. The molecule has 0 amide bonds. The summed E-state index contributed by atoms with van der Waals surface area (Å²) in [5.74, 6) is 1.65. The standard InChI is InChI=1S/C12H19N3O2S2/c1-4-17-10(16)12(13-3,9-5-6-9)7-18-11-14-8(2)15-19-11/h9,13H,4-7H2,1-3H3. The molecule has 1 aliphatic rings. The number of carbonyl (C=O) groups excluding carboxylic acids is 1. The van der Waals surface area contributed by atoms with Crippen molar-refractivity contribution in [1.29, 1.82) is 0 Å². The fourth-order valence-corrected chi connectivity index (χ4v) is 4.04. The topological polar surface area (TPSA) is 64.1 Å². The Kier molecular flexibility index (Phi) is 4.81. The molecule has 0 aliphatic heterocycles. The number of carbonyl (C=O) groups is 1. The maximum absolute atomic E-state index is 12.3. The second-order valence-electron chi connectivity index (χ2n) is 4.61. The number of nitrogens with one attached hydrogen (secondary N) is 1. The van der Waals surface area contributed by atoms with Crippen LogP contribution in [-0.4, -0.2) is 40.3 Å². The quantitative estimate of drug-likeness (QED) is 0.613. The summed E-state index contributed by atoms with van der Waals surface area (Å²) < 4.78 is 10.3. The van der Waals surface area contributed by atoms with Gasteiger partial charge in [-0.05, 0) is 51.2 Å². The highest BCUT2D eigenvalue weighted by Crippen LogP contribution is 2.43. The summed E-state index contributed by atoms with van der Waals surface area (Å²) in [6, 6.07) is 0. The third-order valence-corrected chi connectivity index (χ3v) is 5.41. The summed E-state index contributed by atoms with van der Waals surface area (Å²) in [5, 5.41) is 3.20. The van der Waals surface area contributed by atoms with E-state index in [1.165, 1.54) is 11.5 Å². The predicted octanol–water partition coefficient (Wildman–Crippen LogP) is 1.87. The van der Waals surface area contributed by atoms with Gasteiger partial charge in [0.05, 0.1) is 6.61 Å². The molecule has 0 bridgehead atoms. The number of ether oxygens (including phenoxy) is 1. The summed E-state index contributed by atoms with van der Waals surface area (Å²) in [5.41, 5.74) is -0.583. The zero-order valence-electron chi connectivity index (χ0n) is 11.4. The van der Waals surface area contributed by atoms with Gasteiger partial charge in [0.1, 0.15) is 11.4 Å². The number of esters is 1. The molecule has 1 atom stereocenters. The molecule has 0 saturated heterocycles. The van der Waals surface area contributed by atoms with Crippen molar-refractivity contribution in [2.24, 2.45) is 5.92 Å². The molecule has 0 aromatic carbocycles. The number of hydrogen-bond donors (Lipinski definition) is 1. The van der Waals surface area contributed by atoms with Crippen LogP contribution in [0.5, 0.6) is 0 Å². The molecular weight excluding hydrogens is 282 g/mol. The molecule has 1 fully saturated rings. The van der Waals surface area contributed by atoms with Crippen molar-refractivity contribution in [1.82, 2.24) is 14.7 Å². The van der Waals surface area contributed by atoms with Crippen LogP contribution in [0.1, 0.15) is 25.6 Å². The second-order valence-corrected chi connectivity index (χ2v) is 6.59. The normalized spacial score (nSPS) is 18.1. The van der Waals surface area contributed by atoms with E-state index in [1.54, 1.807) is 11.8 Å². The molecule has 5 nitrogen and oxygen atoms in total. The van der Waals surface area contributed by atoms with Crippen molar-refractivity contribution >= 4 is 29.3 Å². The Morgan fingerprint density at radius 1 is 1.63 bits per heavy atom. The number of aromatic nitrogens is 2. The van der Waals surface area contributed by atoms with Crippen LogP contribution < -0.4 is 5.32 Å². The summed E-state index contributed by atoms with van der Waals surface area (Å²) >= 11 is 2.96. The number of likely N-dealkylation sites (N-methyl/N-ethyl adjacent to an activating group) is 1. The van der Waals surface area contributed by atoms with Crippen molar-refractivity contribution in [3.05, 3.63) is 5.82 Å². The fraction of sp³-hybridized carbons (Fsp3) is 0.750. The Morgan fingerprint density at radius 2 is 2.37 bits per heavy atom. The first-order chi connectivity index (χ1) is 9.12. The van der Waals surface area contributed by atoms with Crippen molar-refractivity contribution < 1.29 is 9.53 Å². The smallest absolute Gasteiger partial charge is 0.327 e. The molecule has 7 heteroatoms. The van der Waals surface area contributed by atoms with E-state index < -0.39 is 5.54 Å². The third-order valence-electron chi connectivity index (χ3n) is 3.29. The van der Waals surface area contributed by atoms with Crippen LogP contribution in [0.3, 0.4) is 0 Å². The van der Waals surface area contributed by atoms with Gasteiger partial charge in [-0.15, -0.1) is 0 Å². The molecule has 1 heterocycles. The van der Waals surface area contributed by atoms with E-state index in [9.17, 15) is 4.79 Å². The van der Waals surface area contributed by atoms with Gasteiger partial charge in [-0.3, -0.25) is 4.79 Å². The molecule has 106 valence electrons. The highest BCUT2D eigenvalue weighted by molar-refractivity contribution is 8.01. The summed E-state index contributed by atoms with van der Waals surface area (Å²) in [6.07, 6.45) is 2.16. The van der Waals surface area contributed by atoms with Crippen molar-refractivity contribution in [3.8, 4) is 0 Å². The number of hydrogen-bond acceptors (Lipinski definition) is 7. The van der Waals surface area contributed by atoms with Crippen molar-refractivity contribution in [3.63, 3.8) is 0 Å². The second kappa shape index (κ2) is 6.19. The summed E-state index contributed by atoms with van der Waals surface area (Å²) in [4.78, 5) is 16.6. The zero-order chi connectivity index (χ0) is 13.9. The molecule has 1 unspecified atom stereocenters. The largest absolute Gasteiger partial charge is 0.465 e. The van der Waals surface area contributed by atoms with Gasteiger partial charge in [-0.2, -0.15) is 4.37 Å². The van der Waals surface area contributed by atoms with E-state index in [4.69, 9.17) is 4.74 Å². The van der Waals surface area contributed by atoms with Crippen LogP contribution in [0.15, 0.2) is 4.34 Å². The van der Waals surface area contributed by atoms with E-state index in [-0.39, 0.29) is 5.97 Å². The molecule has 1 aromatic rings. The maximum Gasteiger partial charge on any atom is 0.327 e. The monoisotopic (exact) mass is 301 g/mol. The molecule has 1 N–H and O–H groups in total. The van der Waals surface area contributed by atoms with Gasteiger partial charge in [0, 0.05) is 5.75 Å². The van der Waals surface area contributed by atoms with Crippen LogP contribution in [-0.2, 0) is 9.53 Å². The van der Waals surface area contributed by atoms with E-state index >= 15 is 0 Å². The number of rotatable bonds is 7. The van der Waals surface area contributed by atoms with Crippen molar-refractivity contribution in [2.75, 3.05) is 19.4 Å². The SMILES string of the molecule is CCOC(=O)C(CSc1nc(C)ns1)(NC)C1CC1. The Labute approximate surface area is 121 Å². The lowest BCUT2D eigenvalue weighted by molar-refractivity contribution is -0.150. The lowest BCUT2D eigenvalue weighted by Crippen LogP contribution is -2.55. The first-order valence-corrected chi connectivity index (χ1v) is 8.17. The Hall–Kier alpha value is -0.660. The molecule has 0 radical (unpaired) electrons. The Bertz CT molecular complexity index is 448. The number of nitrogens with zero attached hydrogens (tertiary/aromatic N) is 2. The minimum absolute atomic E-state index is 0.145. The van der Waals surface area contributed by atoms with Gasteiger partial charge in [-0.1, -0.05) is 11.8 Å². The molecule has 1 aromatic heterocycles. The fourth-order valence-electron chi connectivity index (χ4n) is 2.07. The average Bonchev–Trinajstić information content (AvgIpc) is 3.15. The van der Waals surface area contributed by atoms with E-state index in [0.717, 1.165) is 23.0 Å². The Balaban J connectivity index is 2.07. The van der Waals surface area contributed by atoms with E-state index in [0.29, 0.717) is 18.3 Å². The van der Waals surface area contributed by atoms with Gasteiger partial charge in [0.2, 0.25) is 0 Å². The van der Waals surface area contributed by atoms with Crippen LogP contribution in [0.2, 0.25) is 0 Å². The van der Waals surface area contributed by atoms with Crippen LogP contribution in [0.25, 0.3) is 0 Å². The molecule has 19 heavy (non-hydrogen) atoms. The average molecular weight is 301 g/mol. The lowest BCUT2D eigenvalue weighted by atomic mass is 9.96. The molecular formula is C12H19N3O2S2. The van der Waals surface area contributed by atoms with Crippen molar-refractivity contribution in [2.45, 2.75) is 36.6 Å². The Morgan fingerprint density at radius 3 is 2.84 bits per heavy atom. The van der Waals surface area contributed by atoms with E-state index in [1.807, 2.05) is 20.9 Å². The molecule has 1 saturated carbocycles. The minimum Gasteiger partial charge on any atom is -0.465 e. The van der Waals surface area contributed by atoms with Crippen LogP contribution in [0.4, 0.5) is 0 Å². The number of aryl methyl sites for hydroxylation is 1. The number of thioether (sulfide) groups is 1. The maximum atomic E-state index is 12.3. The van der Waals surface area contributed by atoms with Crippen LogP contribution >= 0.6 is 23.3 Å². The van der Waals surface area contributed by atoms with Gasteiger partial charge in [-0.25, -0.2) is 4.98 Å². The third kappa shape index (κ3) is 3.27. The molecule has 1 aliphatic carbocycles. The van der Waals surface area contributed by atoms with E-state index in [2.05, 4.69) is 14.7 Å². The molecule has 2 rings (SSSR count). The predicted molar refractivity (Wildman–Crippen MR) is 76.5 cm³/mol. The van der Waals surface area contributed by atoms with Gasteiger partial charge >= 0.3 is 5.97 Å². The molecule has 0 spiro atoms.